The summed E-state index contributed by atoms with van der Waals surface area (Å²) in [5.41, 5.74) is 1.54. The van der Waals surface area contributed by atoms with Crippen molar-refractivity contribution < 1.29 is 13.9 Å². The highest BCUT2D eigenvalue weighted by molar-refractivity contribution is 7.22. The van der Waals surface area contributed by atoms with Gasteiger partial charge >= 0.3 is 0 Å². The van der Waals surface area contributed by atoms with Gasteiger partial charge in [-0.15, -0.1) is 0 Å². The summed E-state index contributed by atoms with van der Waals surface area (Å²) in [4.78, 5) is 4.42. The van der Waals surface area contributed by atoms with E-state index in [1.165, 1.54) is 23.5 Å². The van der Waals surface area contributed by atoms with Crippen LogP contribution < -0.4 is 14.8 Å². The maximum absolute atomic E-state index is 13.2. The van der Waals surface area contributed by atoms with Crippen molar-refractivity contribution in [1.82, 2.24) is 4.98 Å². The van der Waals surface area contributed by atoms with E-state index in [1.54, 1.807) is 26.4 Å². The van der Waals surface area contributed by atoms with Gasteiger partial charge in [-0.3, -0.25) is 0 Å². The van der Waals surface area contributed by atoms with Crippen LogP contribution in [-0.2, 0) is 0 Å². The van der Waals surface area contributed by atoms with Gasteiger partial charge in [0, 0.05) is 6.07 Å². The Kier molecular flexibility index (Phi) is 3.62. The van der Waals surface area contributed by atoms with Crippen LogP contribution in [0.25, 0.3) is 10.2 Å². The van der Waals surface area contributed by atoms with E-state index in [1.807, 2.05) is 12.1 Å². The minimum atomic E-state index is -0.264. The van der Waals surface area contributed by atoms with Crippen molar-refractivity contribution in [3.8, 4) is 11.5 Å². The molecule has 6 heteroatoms. The van der Waals surface area contributed by atoms with Crippen LogP contribution in [0.1, 0.15) is 0 Å². The van der Waals surface area contributed by atoms with Gasteiger partial charge in [0.15, 0.2) is 5.13 Å². The zero-order valence-corrected chi connectivity index (χ0v) is 12.3. The van der Waals surface area contributed by atoms with E-state index in [0.29, 0.717) is 16.6 Å². The Morgan fingerprint density at radius 1 is 1.10 bits per heavy atom. The van der Waals surface area contributed by atoms with Gasteiger partial charge in [-0.25, -0.2) is 9.37 Å². The van der Waals surface area contributed by atoms with E-state index >= 15 is 0 Å². The lowest BCUT2D eigenvalue weighted by molar-refractivity contribution is 0.395. The molecule has 2 aromatic carbocycles. The molecule has 0 bridgehead atoms. The van der Waals surface area contributed by atoms with Crippen molar-refractivity contribution in [2.45, 2.75) is 0 Å². The molecule has 0 unspecified atom stereocenters. The van der Waals surface area contributed by atoms with Gasteiger partial charge < -0.3 is 14.8 Å². The Labute approximate surface area is 125 Å². The first kappa shape index (κ1) is 13.6. The molecule has 0 spiro atoms. The molecule has 0 aliphatic carbocycles. The van der Waals surface area contributed by atoms with Crippen molar-refractivity contribution in [2.75, 3.05) is 19.5 Å². The molecule has 0 amide bonds. The maximum Gasteiger partial charge on any atom is 0.188 e. The summed E-state index contributed by atoms with van der Waals surface area (Å²) in [6.07, 6.45) is 0. The number of aromatic nitrogens is 1. The second-order valence-electron chi connectivity index (χ2n) is 4.32. The first-order chi connectivity index (χ1) is 10.2. The monoisotopic (exact) mass is 304 g/mol. The molecule has 108 valence electrons. The molecule has 21 heavy (non-hydrogen) atoms. The van der Waals surface area contributed by atoms with Crippen LogP contribution in [0, 0.1) is 5.82 Å². The number of ether oxygens (including phenoxy) is 2. The second-order valence-corrected chi connectivity index (χ2v) is 5.35. The van der Waals surface area contributed by atoms with Crippen molar-refractivity contribution in [3.63, 3.8) is 0 Å². The van der Waals surface area contributed by atoms with Crippen LogP contribution in [-0.4, -0.2) is 19.2 Å². The van der Waals surface area contributed by atoms with Gasteiger partial charge in [-0.2, -0.15) is 0 Å². The summed E-state index contributed by atoms with van der Waals surface area (Å²) >= 11 is 1.39. The summed E-state index contributed by atoms with van der Waals surface area (Å²) in [6, 6.07) is 10.0. The number of nitrogens with one attached hydrogen (secondary N) is 1. The molecule has 0 saturated carbocycles. The van der Waals surface area contributed by atoms with Crippen molar-refractivity contribution in [2.24, 2.45) is 0 Å². The molecule has 0 fully saturated rings. The van der Waals surface area contributed by atoms with Gasteiger partial charge in [0.05, 0.1) is 30.1 Å². The summed E-state index contributed by atoms with van der Waals surface area (Å²) < 4.78 is 24.5. The normalized spacial score (nSPS) is 10.6. The lowest BCUT2D eigenvalue weighted by Crippen LogP contribution is -1.95. The summed E-state index contributed by atoms with van der Waals surface area (Å²) in [5, 5.41) is 3.87. The Morgan fingerprint density at radius 3 is 2.71 bits per heavy atom. The van der Waals surface area contributed by atoms with Gasteiger partial charge in [0.2, 0.25) is 0 Å². The Bertz CT molecular complexity index is 788. The van der Waals surface area contributed by atoms with Crippen LogP contribution >= 0.6 is 11.3 Å². The topological polar surface area (TPSA) is 43.4 Å². The number of methoxy groups -OCH3 is 2. The highest BCUT2D eigenvalue weighted by Crippen LogP contribution is 2.34. The zero-order chi connectivity index (χ0) is 14.8. The van der Waals surface area contributed by atoms with E-state index in [2.05, 4.69) is 10.3 Å². The van der Waals surface area contributed by atoms with Crippen molar-refractivity contribution in [3.05, 3.63) is 42.2 Å². The third-order valence-corrected chi connectivity index (χ3v) is 3.93. The van der Waals surface area contributed by atoms with Gasteiger partial charge in [0.25, 0.3) is 0 Å². The molecule has 0 aliphatic heterocycles. The molecule has 1 N–H and O–H groups in total. The number of thiazole rings is 1. The van der Waals surface area contributed by atoms with E-state index < -0.39 is 0 Å². The molecular weight excluding hydrogens is 291 g/mol. The number of benzene rings is 2. The minimum Gasteiger partial charge on any atom is -0.497 e. The molecule has 0 atom stereocenters. The quantitative estimate of drug-likeness (QED) is 0.784. The fraction of sp³-hybridized carbons (Fsp3) is 0.133. The SMILES string of the molecule is COc1ccc(Nc2nc3ccc(F)cc3s2)c(OC)c1. The highest BCUT2D eigenvalue weighted by Gasteiger charge is 2.09. The smallest absolute Gasteiger partial charge is 0.188 e. The largest absolute Gasteiger partial charge is 0.497 e. The average molecular weight is 304 g/mol. The average Bonchev–Trinajstić information content (AvgIpc) is 2.89. The first-order valence-corrected chi connectivity index (χ1v) is 7.06. The predicted octanol–water partition coefficient (Wildman–Crippen LogP) is 4.20. The van der Waals surface area contributed by atoms with E-state index in [-0.39, 0.29) is 5.82 Å². The summed E-state index contributed by atoms with van der Waals surface area (Å²) in [7, 11) is 3.19. The molecule has 0 saturated heterocycles. The van der Waals surface area contributed by atoms with Crippen molar-refractivity contribution >= 4 is 32.4 Å². The van der Waals surface area contributed by atoms with Gasteiger partial charge in [0.1, 0.15) is 17.3 Å². The van der Waals surface area contributed by atoms with Crippen LogP contribution in [0.2, 0.25) is 0 Å². The van der Waals surface area contributed by atoms with Gasteiger partial charge in [-0.05, 0) is 30.3 Å². The minimum absolute atomic E-state index is 0.264. The van der Waals surface area contributed by atoms with Gasteiger partial charge in [-0.1, -0.05) is 11.3 Å². The van der Waals surface area contributed by atoms with Crippen LogP contribution in [0.3, 0.4) is 0 Å². The fourth-order valence-electron chi connectivity index (χ4n) is 1.97. The van der Waals surface area contributed by atoms with E-state index in [9.17, 15) is 4.39 Å². The molecular formula is C15H13FN2O2S. The molecule has 3 aromatic rings. The number of hydrogen-bond donors (Lipinski definition) is 1. The molecule has 3 rings (SSSR count). The highest BCUT2D eigenvalue weighted by atomic mass is 32.1. The predicted molar refractivity (Wildman–Crippen MR) is 82.4 cm³/mol. The third-order valence-electron chi connectivity index (χ3n) is 3.00. The molecule has 0 aliphatic rings. The zero-order valence-electron chi connectivity index (χ0n) is 11.5. The molecule has 1 aromatic heterocycles. The lowest BCUT2D eigenvalue weighted by atomic mass is 10.3. The van der Waals surface area contributed by atoms with Crippen LogP contribution in [0.5, 0.6) is 11.5 Å². The Balaban J connectivity index is 1.94. The first-order valence-electron chi connectivity index (χ1n) is 6.25. The number of halogens is 1. The number of anilines is 2. The lowest BCUT2D eigenvalue weighted by Gasteiger charge is -2.10. The van der Waals surface area contributed by atoms with Crippen LogP contribution in [0.4, 0.5) is 15.2 Å². The number of fused-ring (bicyclic) bond motifs is 1. The standard InChI is InChI=1S/C15H13FN2O2S/c1-19-10-4-6-11(13(8-10)20-2)17-15-18-12-5-3-9(16)7-14(12)21-15/h3-8H,1-2H3,(H,17,18). The van der Waals surface area contributed by atoms with E-state index in [4.69, 9.17) is 9.47 Å². The fourth-order valence-corrected chi connectivity index (χ4v) is 2.87. The molecule has 0 radical (unpaired) electrons. The summed E-state index contributed by atoms with van der Waals surface area (Å²) in [6.45, 7) is 0. The molecule has 1 heterocycles. The van der Waals surface area contributed by atoms with E-state index in [0.717, 1.165) is 15.9 Å². The summed E-state index contributed by atoms with van der Waals surface area (Å²) in [5.74, 6) is 1.10. The third kappa shape index (κ3) is 2.75. The van der Waals surface area contributed by atoms with Crippen LogP contribution in [0.15, 0.2) is 36.4 Å². The second kappa shape index (κ2) is 5.57. The van der Waals surface area contributed by atoms with Crippen molar-refractivity contribution in [1.29, 1.82) is 0 Å². The Morgan fingerprint density at radius 2 is 1.95 bits per heavy atom. The number of hydrogen-bond acceptors (Lipinski definition) is 5. The number of rotatable bonds is 4. The molecule has 4 nitrogen and oxygen atoms in total. The maximum atomic E-state index is 13.2. The number of nitrogens with zero attached hydrogens (tertiary/aromatic N) is 1. The Hall–Kier alpha value is -2.34.